The summed E-state index contributed by atoms with van der Waals surface area (Å²) in [4.78, 5) is 0. The molecule has 2 aromatic carbocycles. The standard InChI is InChI=1S/C19H26N2O.2H2/c1-13(2)21-15(4)17-7-11-19(12-8-17)22-18-9-5-16(6-10-18)14(3)20;;/h5-15,21H,20H2,1-4H3;2*1H. The van der Waals surface area contributed by atoms with Gasteiger partial charge in [0.15, 0.2) is 0 Å². The first-order valence-corrected chi connectivity index (χ1v) is 7.85. The smallest absolute Gasteiger partial charge is 0.127 e. The molecule has 0 aliphatic heterocycles. The van der Waals surface area contributed by atoms with Crippen LogP contribution >= 0.6 is 0 Å². The summed E-state index contributed by atoms with van der Waals surface area (Å²) < 4.78 is 5.87. The number of hydrogen-bond donors (Lipinski definition) is 2. The van der Waals surface area contributed by atoms with Gasteiger partial charge >= 0.3 is 0 Å². The molecule has 2 unspecified atom stereocenters. The molecule has 0 aliphatic rings. The Morgan fingerprint density at radius 2 is 1.27 bits per heavy atom. The molecule has 0 aliphatic carbocycles. The van der Waals surface area contributed by atoms with E-state index in [-0.39, 0.29) is 8.90 Å². The third-order valence-corrected chi connectivity index (χ3v) is 3.61. The molecule has 0 bridgehead atoms. The summed E-state index contributed by atoms with van der Waals surface area (Å²) in [5.41, 5.74) is 8.21. The predicted molar refractivity (Wildman–Crippen MR) is 96.5 cm³/mol. The minimum absolute atomic E-state index is 0. The quantitative estimate of drug-likeness (QED) is 0.785. The third-order valence-electron chi connectivity index (χ3n) is 3.61. The average Bonchev–Trinajstić information content (AvgIpc) is 2.48. The van der Waals surface area contributed by atoms with Gasteiger partial charge in [0.2, 0.25) is 0 Å². The Morgan fingerprint density at radius 1 is 0.818 bits per heavy atom. The molecule has 122 valence electrons. The Balaban J connectivity index is 0.00000264. The van der Waals surface area contributed by atoms with E-state index in [2.05, 4.69) is 38.2 Å². The lowest BCUT2D eigenvalue weighted by atomic mass is 10.1. The van der Waals surface area contributed by atoms with Crippen molar-refractivity contribution in [2.24, 2.45) is 5.73 Å². The third kappa shape index (κ3) is 4.58. The van der Waals surface area contributed by atoms with Crippen LogP contribution in [-0.4, -0.2) is 6.04 Å². The molecule has 0 amide bonds. The average molecular weight is 302 g/mol. The number of rotatable bonds is 6. The minimum Gasteiger partial charge on any atom is -0.457 e. The highest BCUT2D eigenvalue weighted by atomic mass is 16.5. The molecule has 22 heavy (non-hydrogen) atoms. The van der Waals surface area contributed by atoms with Crippen molar-refractivity contribution in [1.29, 1.82) is 0 Å². The molecule has 3 N–H and O–H groups in total. The Kier molecular flexibility index (Phi) is 5.58. The monoisotopic (exact) mass is 302 g/mol. The first-order chi connectivity index (χ1) is 10.5. The largest absolute Gasteiger partial charge is 0.457 e. The highest BCUT2D eigenvalue weighted by Gasteiger charge is 2.07. The summed E-state index contributed by atoms with van der Waals surface area (Å²) in [6, 6.07) is 17.0. The molecule has 0 saturated carbocycles. The van der Waals surface area contributed by atoms with Crippen LogP contribution < -0.4 is 15.8 Å². The summed E-state index contributed by atoms with van der Waals surface area (Å²) in [5, 5.41) is 3.49. The summed E-state index contributed by atoms with van der Waals surface area (Å²) in [6.07, 6.45) is 0. The molecule has 0 radical (unpaired) electrons. The van der Waals surface area contributed by atoms with Crippen LogP contribution in [0.1, 0.15) is 53.8 Å². The van der Waals surface area contributed by atoms with Crippen LogP contribution in [0.3, 0.4) is 0 Å². The predicted octanol–water partition coefficient (Wildman–Crippen LogP) is 5.05. The fourth-order valence-corrected chi connectivity index (χ4v) is 2.40. The molecular weight excluding hydrogens is 272 g/mol. The summed E-state index contributed by atoms with van der Waals surface area (Å²) >= 11 is 0. The van der Waals surface area contributed by atoms with Gasteiger partial charge in [0.1, 0.15) is 11.5 Å². The minimum atomic E-state index is 0. The fraction of sp³-hybridized carbons (Fsp3) is 0.368. The van der Waals surface area contributed by atoms with Crippen molar-refractivity contribution >= 4 is 0 Å². The fourth-order valence-electron chi connectivity index (χ4n) is 2.40. The van der Waals surface area contributed by atoms with Crippen LogP contribution in [0.25, 0.3) is 0 Å². The summed E-state index contributed by atoms with van der Waals surface area (Å²) in [5.74, 6) is 1.67. The van der Waals surface area contributed by atoms with Crippen molar-refractivity contribution in [2.45, 2.75) is 45.8 Å². The van der Waals surface area contributed by atoms with Crippen molar-refractivity contribution in [3.63, 3.8) is 0 Å². The molecule has 3 heteroatoms. The molecule has 0 fully saturated rings. The normalized spacial score (nSPS) is 13.9. The second-order valence-electron chi connectivity index (χ2n) is 6.07. The lowest BCUT2D eigenvalue weighted by Gasteiger charge is -2.17. The zero-order valence-corrected chi connectivity index (χ0v) is 13.8. The highest BCUT2D eigenvalue weighted by Crippen LogP contribution is 2.24. The van der Waals surface area contributed by atoms with Crippen LogP contribution in [0.15, 0.2) is 48.5 Å². The maximum absolute atomic E-state index is 5.87. The number of nitrogens with one attached hydrogen (secondary N) is 1. The zero-order valence-electron chi connectivity index (χ0n) is 13.8. The number of ether oxygens (including phenoxy) is 1. The number of hydrogen-bond acceptors (Lipinski definition) is 3. The van der Waals surface area contributed by atoms with E-state index >= 15 is 0 Å². The van der Waals surface area contributed by atoms with Crippen LogP contribution in [-0.2, 0) is 0 Å². The molecule has 0 spiro atoms. The number of nitrogens with two attached hydrogens (primary N) is 1. The van der Waals surface area contributed by atoms with Crippen molar-refractivity contribution in [1.82, 2.24) is 5.32 Å². The molecule has 2 aromatic rings. The summed E-state index contributed by atoms with van der Waals surface area (Å²) in [7, 11) is 0. The van der Waals surface area contributed by atoms with Crippen molar-refractivity contribution in [2.75, 3.05) is 0 Å². The van der Waals surface area contributed by atoms with Gasteiger partial charge in [0.25, 0.3) is 0 Å². The summed E-state index contributed by atoms with van der Waals surface area (Å²) in [6.45, 7) is 8.45. The Morgan fingerprint density at radius 3 is 1.68 bits per heavy atom. The topological polar surface area (TPSA) is 47.3 Å². The van der Waals surface area contributed by atoms with E-state index in [1.54, 1.807) is 0 Å². The Labute approximate surface area is 136 Å². The number of benzene rings is 2. The molecule has 2 rings (SSSR count). The zero-order chi connectivity index (χ0) is 16.1. The van der Waals surface area contributed by atoms with Gasteiger partial charge in [-0.1, -0.05) is 38.1 Å². The van der Waals surface area contributed by atoms with Gasteiger partial charge in [-0.3, -0.25) is 0 Å². The molecule has 0 aromatic heterocycles. The highest BCUT2D eigenvalue weighted by molar-refractivity contribution is 5.35. The molecule has 3 nitrogen and oxygen atoms in total. The van der Waals surface area contributed by atoms with Gasteiger partial charge in [-0.2, -0.15) is 0 Å². The maximum Gasteiger partial charge on any atom is 0.127 e. The molecular formula is C19H30N2O. The van der Waals surface area contributed by atoms with E-state index in [4.69, 9.17) is 10.5 Å². The second kappa shape index (κ2) is 7.43. The van der Waals surface area contributed by atoms with Crippen molar-refractivity contribution < 1.29 is 7.59 Å². The SMILES string of the molecule is CC(C)NC(C)c1ccc(Oc2ccc(C(C)N)cc2)cc1.[HH].[HH]. The van der Waals surface area contributed by atoms with Crippen molar-refractivity contribution in [3.05, 3.63) is 59.7 Å². The van der Waals surface area contributed by atoms with E-state index in [1.165, 1.54) is 5.56 Å². The van der Waals surface area contributed by atoms with Crippen LogP contribution in [0.4, 0.5) is 0 Å². The van der Waals surface area contributed by atoms with Crippen LogP contribution in [0.5, 0.6) is 11.5 Å². The lowest BCUT2D eigenvalue weighted by molar-refractivity contribution is 0.479. The Hall–Kier alpha value is -1.84. The molecule has 0 saturated heterocycles. The van der Waals surface area contributed by atoms with Gasteiger partial charge in [-0.05, 0) is 49.2 Å². The second-order valence-corrected chi connectivity index (χ2v) is 6.07. The van der Waals surface area contributed by atoms with Gasteiger partial charge in [-0.25, -0.2) is 0 Å². The van der Waals surface area contributed by atoms with E-state index in [9.17, 15) is 0 Å². The molecule has 0 heterocycles. The maximum atomic E-state index is 5.87. The van der Waals surface area contributed by atoms with E-state index in [1.807, 2.05) is 43.3 Å². The van der Waals surface area contributed by atoms with Crippen LogP contribution in [0, 0.1) is 0 Å². The van der Waals surface area contributed by atoms with Gasteiger partial charge in [0.05, 0.1) is 0 Å². The van der Waals surface area contributed by atoms with Gasteiger partial charge in [-0.15, -0.1) is 0 Å². The first kappa shape index (κ1) is 16.5. The van der Waals surface area contributed by atoms with Gasteiger partial charge < -0.3 is 15.8 Å². The Bertz CT molecular complexity index is 583. The van der Waals surface area contributed by atoms with E-state index < -0.39 is 0 Å². The van der Waals surface area contributed by atoms with Gasteiger partial charge in [0, 0.05) is 21.0 Å². The van der Waals surface area contributed by atoms with Crippen LogP contribution in [0.2, 0.25) is 0 Å². The van der Waals surface area contributed by atoms with Crippen molar-refractivity contribution in [3.8, 4) is 11.5 Å². The first-order valence-electron chi connectivity index (χ1n) is 7.85. The van der Waals surface area contributed by atoms with E-state index in [0.29, 0.717) is 12.1 Å². The molecule has 2 atom stereocenters. The van der Waals surface area contributed by atoms with E-state index in [0.717, 1.165) is 17.1 Å². The lowest BCUT2D eigenvalue weighted by Crippen LogP contribution is -2.25.